The van der Waals surface area contributed by atoms with Gasteiger partial charge in [0.25, 0.3) is 0 Å². The predicted molar refractivity (Wildman–Crippen MR) is 109 cm³/mol. The fourth-order valence-corrected chi connectivity index (χ4v) is 3.26. The van der Waals surface area contributed by atoms with Crippen LogP contribution in [0, 0.1) is 0 Å². The molecule has 0 aliphatic carbocycles. The van der Waals surface area contributed by atoms with Gasteiger partial charge in [-0.05, 0) is 64.4 Å². The molecule has 0 heterocycles. The molecule has 0 spiro atoms. The lowest BCUT2D eigenvalue weighted by Gasteiger charge is -2.09. The summed E-state index contributed by atoms with van der Waals surface area (Å²) in [5, 5.41) is 7.89. The highest BCUT2D eigenvalue weighted by Crippen LogP contribution is 2.28. The minimum atomic E-state index is 0.380. The molecule has 0 fully saturated rings. The molecule has 2 radical (unpaired) electrons. The normalized spacial score (nSPS) is 11.0. The third kappa shape index (κ3) is 3.59. The zero-order valence-electron chi connectivity index (χ0n) is 13.9. The Hall–Kier alpha value is -1.38. The van der Waals surface area contributed by atoms with Crippen LogP contribution in [-0.2, 0) is 0 Å². The van der Waals surface area contributed by atoms with Crippen LogP contribution in [0.3, 0.4) is 0 Å². The van der Waals surface area contributed by atoms with Crippen LogP contribution in [0.2, 0.25) is 0 Å². The van der Waals surface area contributed by atoms with Crippen molar-refractivity contribution >= 4 is 61.0 Å². The Bertz CT molecular complexity index is 970. The molecule has 112 valence electrons. The van der Waals surface area contributed by atoms with Crippen molar-refractivity contribution in [2.45, 2.75) is 0 Å². The van der Waals surface area contributed by atoms with Gasteiger partial charge in [-0.15, -0.1) is 12.3 Å². The fourth-order valence-electron chi connectivity index (χ4n) is 2.83. The first-order chi connectivity index (χ1) is 11.1. The number of fused-ring (bicyclic) bond motifs is 4. The Labute approximate surface area is 147 Å². The number of hydrogen-bond donors (Lipinski definition) is 0. The maximum atomic E-state index is 2.85. The van der Waals surface area contributed by atoms with E-state index in [4.69, 9.17) is 0 Å². The van der Waals surface area contributed by atoms with Crippen molar-refractivity contribution in [2.24, 2.45) is 0 Å². The van der Waals surface area contributed by atoms with Gasteiger partial charge in [0.05, 0.1) is 0 Å². The van der Waals surface area contributed by atoms with Crippen molar-refractivity contribution in [3.05, 3.63) is 66.7 Å². The molecule has 0 aliphatic heterocycles. The summed E-state index contributed by atoms with van der Waals surface area (Å²) in [6, 6.07) is 24.0. The molecule has 0 amide bonds. The van der Waals surface area contributed by atoms with Crippen molar-refractivity contribution in [3.8, 4) is 0 Å². The molecule has 4 aromatic carbocycles. The molecule has 23 heavy (non-hydrogen) atoms. The van der Waals surface area contributed by atoms with Gasteiger partial charge in [0.2, 0.25) is 0 Å². The van der Waals surface area contributed by atoms with Crippen LogP contribution in [-0.4, -0.2) is 36.3 Å². The topological polar surface area (TPSA) is 0 Å². The van der Waals surface area contributed by atoms with Crippen molar-refractivity contribution in [2.75, 3.05) is 20.0 Å². The van der Waals surface area contributed by atoms with Gasteiger partial charge in [0, 0.05) is 0 Å². The second-order valence-corrected chi connectivity index (χ2v) is 9.58. The number of benzene rings is 4. The van der Waals surface area contributed by atoms with E-state index in [0.717, 1.165) is 0 Å². The SMILES string of the molecule is CP(C)C.[Al][c]1cccc2ccc3cc4ccccc4cc3c12. The Balaban J connectivity index is 0.000000354. The molecule has 0 unspecified atom stereocenters. The molecule has 0 saturated heterocycles. The molecule has 4 aromatic rings. The number of rotatable bonds is 0. The van der Waals surface area contributed by atoms with E-state index in [2.05, 4.69) is 103 Å². The Morgan fingerprint density at radius 3 is 1.91 bits per heavy atom. The van der Waals surface area contributed by atoms with Crippen molar-refractivity contribution in [1.29, 1.82) is 0 Å². The second-order valence-electron chi connectivity index (χ2n) is 6.27. The van der Waals surface area contributed by atoms with Crippen LogP contribution in [0.5, 0.6) is 0 Å². The lowest BCUT2D eigenvalue weighted by atomic mass is 9.98. The summed E-state index contributed by atoms with van der Waals surface area (Å²) >= 11 is 2.85. The zero-order valence-corrected chi connectivity index (χ0v) is 15.9. The van der Waals surface area contributed by atoms with E-state index in [9.17, 15) is 0 Å². The molecule has 0 aromatic heterocycles. The van der Waals surface area contributed by atoms with E-state index in [1.807, 2.05) is 0 Å². The van der Waals surface area contributed by atoms with Gasteiger partial charge in [-0.3, -0.25) is 0 Å². The largest absolute Gasteiger partial charge is 0.176 e. The summed E-state index contributed by atoms with van der Waals surface area (Å²) in [7, 11) is 0.380. The first kappa shape index (κ1) is 16.5. The van der Waals surface area contributed by atoms with E-state index >= 15 is 0 Å². The quantitative estimate of drug-likeness (QED) is 0.178. The molecule has 0 aliphatic rings. The maximum Gasteiger partial charge on any atom is 0.176 e. The fraction of sp³-hybridized carbons (Fsp3) is 0.143. The van der Waals surface area contributed by atoms with Crippen molar-refractivity contribution < 1.29 is 0 Å². The standard InChI is InChI=1S/C18H11.C3H9P.Al/c1-2-7-15-12-18-16(11-14(15)6-1)10-9-13-5-3-4-8-17(13)18;1-4(2)3;/h1-7,9-12H;1-3H3;. The smallest absolute Gasteiger partial charge is 0.131 e. The minimum absolute atomic E-state index is 0.380. The molecular weight excluding hydrogens is 310 g/mol. The van der Waals surface area contributed by atoms with Crippen LogP contribution in [0.1, 0.15) is 0 Å². The van der Waals surface area contributed by atoms with Crippen LogP contribution in [0.4, 0.5) is 0 Å². The summed E-state index contributed by atoms with van der Waals surface area (Å²) < 4.78 is 1.26. The van der Waals surface area contributed by atoms with Gasteiger partial charge < -0.3 is 0 Å². The first-order valence-corrected chi connectivity index (χ1v) is 11.0. The Kier molecular flexibility index (Phi) is 5.03. The van der Waals surface area contributed by atoms with Crippen LogP contribution >= 0.6 is 7.92 Å². The van der Waals surface area contributed by atoms with Crippen molar-refractivity contribution in [3.63, 3.8) is 0 Å². The van der Waals surface area contributed by atoms with E-state index in [0.29, 0.717) is 7.92 Å². The molecule has 2 heteroatoms. The average molecular weight is 330 g/mol. The lowest BCUT2D eigenvalue weighted by molar-refractivity contribution is 1.79. The highest BCUT2D eigenvalue weighted by molar-refractivity contribution is 7.55. The van der Waals surface area contributed by atoms with E-state index in [1.54, 1.807) is 0 Å². The zero-order chi connectivity index (χ0) is 16.4. The van der Waals surface area contributed by atoms with Crippen LogP contribution in [0.15, 0.2) is 66.7 Å². The summed E-state index contributed by atoms with van der Waals surface area (Å²) in [5.41, 5.74) is 0. The third-order valence-corrected chi connectivity index (χ3v) is 4.24. The van der Waals surface area contributed by atoms with Gasteiger partial charge in [0.15, 0.2) is 16.3 Å². The first-order valence-electron chi connectivity index (χ1n) is 7.77. The summed E-state index contributed by atoms with van der Waals surface area (Å²) in [5.74, 6) is 0. The van der Waals surface area contributed by atoms with E-state index < -0.39 is 0 Å². The second kappa shape index (κ2) is 7.02. The Morgan fingerprint density at radius 2 is 1.22 bits per heavy atom. The minimum Gasteiger partial charge on any atom is -0.131 e. The molecular formula is C21H20AlP. The van der Waals surface area contributed by atoms with Crippen molar-refractivity contribution in [1.82, 2.24) is 0 Å². The monoisotopic (exact) mass is 330 g/mol. The van der Waals surface area contributed by atoms with E-state index in [-0.39, 0.29) is 0 Å². The highest BCUT2D eigenvalue weighted by Gasteiger charge is 2.03. The molecule has 4 rings (SSSR count). The maximum absolute atomic E-state index is 2.85. The molecule has 0 saturated carbocycles. The average Bonchev–Trinajstić information content (AvgIpc) is 2.52. The molecule has 0 nitrogen and oxygen atoms in total. The van der Waals surface area contributed by atoms with Gasteiger partial charge in [-0.2, -0.15) is 0 Å². The van der Waals surface area contributed by atoms with Gasteiger partial charge in [-0.1, -0.05) is 54.6 Å². The van der Waals surface area contributed by atoms with E-state index in [1.165, 1.54) is 36.7 Å². The third-order valence-electron chi connectivity index (χ3n) is 3.76. The van der Waals surface area contributed by atoms with Gasteiger partial charge in [-0.25, -0.2) is 0 Å². The predicted octanol–water partition coefficient (Wildman–Crippen LogP) is 5.30. The van der Waals surface area contributed by atoms with Gasteiger partial charge in [0.1, 0.15) is 0 Å². The van der Waals surface area contributed by atoms with Gasteiger partial charge >= 0.3 is 0 Å². The highest BCUT2D eigenvalue weighted by atomic mass is 31.1. The Morgan fingerprint density at radius 1 is 0.652 bits per heavy atom. The molecule has 0 atom stereocenters. The molecule has 0 bridgehead atoms. The molecule has 0 N–H and O–H groups in total. The summed E-state index contributed by atoms with van der Waals surface area (Å²) in [4.78, 5) is 0. The summed E-state index contributed by atoms with van der Waals surface area (Å²) in [6.07, 6.45) is 0. The number of hydrogen-bond acceptors (Lipinski definition) is 0. The summed E-state index contributed by atoms with van der Waals surface area (Å²) in [6.45, 7) is 6.69. The lowest BCUT2D eigenvalue weighted by Crippen LogP contribution is -2.03. The van der Waals surface area contributed by atoms with Crippen LogP contribution < -0.4 is 4.43 Å². The van der Waals surface area contributed by atoms with Crippen LogP contribution in [0.25, 0.3) is 32.3 Å².